The second-order valence-electron chi connectivity index (χ2n) is 6.26. The van der Waals surface area contributed by atoms with E-state index in [4.69, 9.17) is 10.5 Å². The van der Waals surface area contributed by atoms with Crippen LogP contribution in [0.15, 0.2) is 33.9 Å². The summed E-state index contributed by atoms with van der Waals surface area (Å²) in [6.45, 7) is 4.51. The first kappa shape index (κ1) is 20.4. The molecule has 0 fully saturated rings. The molecule has 0 bridgehead atoms. The second-order valence-corrected chi connectivity index (χ2v) is 6.26. The van der Waals surface area contributed by atoms with Crippen molar-refractivity contribution in [1.82, 2.24) is 9.55 Å². The maximum Gasteiger partial charge on any atom is 0.330 e. The highest BCUT2D eigenvalue weighted by Gasteiger charge is 2.25. The van der Waals surface area contributed by atoms with Gasteiger partial charge >= 0.3 is 5.69 Å². The Labute approximate surface area is 157 Å². The number of unbranched alkanes of at least 4 members (excludes halogenated alkanes) is 1. The van der Waals surface area contributed by atoms with Gasteiger partial charge < -0.3 is 10.5 Å². The average Bonchev–Trinajstić information content (AvgIpc) is 2.64. The van der Waals surface area contributed by atoms with Crippen molar-refractivity contribution in [2.24, 2.45) is 0 Å². The highest BCUT2D eigenvalue weighted by molar-refractivity contribution is 6.08. The Morgan fingerprint density at radius 3 is 2.63 bits per heavy atom. The summed E-state index contributed by atoms with van der Waals surface area (Å²) >= 11 is 0. The van der Waals surface area contributed by atoms with E-state index in [1.54, 1.807) is 12.1 Å². The van der Waals surface area contributed by atoms with Gasteiger partial charge in [0, 0.05) is 25.8 Å². The zero-order valence-corrected chi connectivity index (χ0v) is 15.9. The molecule has 8 heteroatoms. The Morgan fingerprint density at radius 1 is 1.30 bits per heavy atom. The SMILES string of the molecule is CCCCn1c(N)c(N(CCOC)C(=O)c2ccccc2C)c(=O)[nH]c1=O. The largest absolute Gasteiger partial charge is 0.383 e. The Morgan fingerprint density at radius 2 is 2.00 bits per heavy atom. The number of nitrogens with two attached hydrogens (primary N) is 1. The van der Waals surface area contributed by atoms with Gasteiger partial charge in [-0.05, 0) is 25.0 Å². The standard InChI is InChI=1S/C19H26N4O4/c1-4-5-10-23-16(20)15(17(24)21-19(23)26)22(11-12-27-3)18(25)14-9-7-6-8-13(14)2/h6-9H,4-5,10-12,20H2,1-3H3,(H,21,24,26). The van der Waals surface area contributed by atoms with E-state index in [-0.39, 0.29) is 30.6 Å². The van der Waals surface area contributed by atoms with Gasteiger partial charge in [-0.1, -0.05) is 31.5 Å². The van der Waals surface area contributed by atoms with E-state index >= 15 is 0 Å². The fourth-order valence-electron chi connectivity index (χ4n) is 2.83. The molecule has 0 unspecified atom stereocenters. The number of aromatic amines is 1. The molecule has 2 aromatic rings. The van der Waals surface area contributed by atoms with E-state index in [2.05, 4.69) is 4.98 Å². The minimum absolute atomic E-state index is 0.0183. The van der Waals surface area contributed by atoms with Crippen molar-refractivity contribution in [2.45, 2.75) is 33.2 Å². The van der Waals surface area contributed by atoms with Crippen molar-refractivity contribution in [1.29, 1.82) is 0 Å². The fourth-order valence-corrected chi connectivity index (χ4v) is 2.83. The Balaban J connectivity index is 2.60. The normalized spacial score (nSPS) is 10.8. The summed E-state index contributed by atoms with van der Waals surface area (Å²) in [5.41, 5.74) is 6.09. The van der Waals surface area contributed by atoms with E-state index in [1.807, 2.05) is 26.0 Å². The quantitative estimate of drug-likeness (QED) is 0.728. The van der Waals surface area contributed by atoms with Crippen molar-refractivity contribution in [3.63, 3.8) is 0 Å². The number of nitrogens with one attached hydrogen (secondary N) is 1. The average molecular weight is 374 g/mol. The topological polar surface area (TPSA) is 110 Å². The number of anilines is 2. The smallest absolute Gasteiger partial charge is 0.330 e. The number of nitrogen functional groups attached to an aromatic ring is 1. The predicted molar refractivity (Wildman–Crippen MR) is 105 cm³/mol. The number of hydrogen-bond acceptors (Lipinski definition) is 5. The van der Waals surface area contributed by atoms with Crippen molar-refractivity contribution < 1.29 is 9.53 Å². The van der Waals surface area contributed by atoms with Crippen LogP contribution in [0.2, 0.25) is 0 Å². The number of rotatable bonds is 8. The van der Waals surface area contributed by atoms with Crippen LogP contribution in [0.25, 0.3) is 0 Å². The van der Waals surface area contributed by atoms with Gasteiger partial charge in [-0.3, -0.25) is 24.0 Å². The summed E-state index contributed by atoms with van der Waals surface area (Å²) < 4.78 is 6.39. The van der Waals surface area contributed by atoms with Crippen LogP contribution in [-0.4, -0.2) is 35.7 Å². The maximum atomic E-state index is 13.2. The fraction of sp³-hybridized carbons (Fsp3) is 0.421. The number of methoxy groups -OCH3 is 1. The molecule has 0 spiro atoms. The first-order chi connectivity index (χ1) is 12.9. The van der Waals surface area contributed by atoms with Crippen LogP contribution in [0, 0.1) is 6.92 Å². The molecule has 27 heavy (non-hydrogen) atoms. The molecule has 0 aliphatic carbocycles. The van der Waals surface area contributed by atoms with Crippen LogP contribution in [0.1, 0.15) is 35.7 Å². The number of benzene rings is 1. The first-order valence-corrected chi connectivity index (χ1v) is 8.91. The maximum absolute atomic E-state index is 13.2. The zero-order chi connectivity index (χ0) is 20.0. The third kappa shape index (κ3) is 4.46. The summed E-state index contributed by atoms with van der Waals surface area (Å²) in [6.07, 6.45) is 1.58. The summed E-state index contributed by atoms with van der Waals surface area (Å²) in [5.74, 6) is -0.390. The molecule has 1 aromatic heterocycles. The van der Waals surface area contributed by atoms with Gasteiger partial charge in [-0.25, -0.2) is 4.79 Å². The van der Waals surface area contributed by atoms with Crippen LogP contribution in [0.5, 0.6) is 0 Å². The third-order valence-electron chi connectivity index (χ3n) is 4.36. The van der Waals surface area contributed by atoms with E-state index in [9.17, 15) is 14.4 Å². The molecule has 0 aliphatic heterocycles. The summed E-state index contributed by atoms with van der Waals surface area (Å²) in [6, 6.07) is 7.09. The first-order valence-electron chi connectivity index (χ1n) is 8.91. The van der Waals surface area contributed by atoms with Crippen molar-refractivity contribution >= 4 is 17.4 Å². The lowest BCUT2D eigenvalue weighted by Crippen LogP contribution is -2.42. The molecular weight excluding hydrogens is 348 g/mol. The zero-order valence-electron chi connectivity index (χ0n) is 15.9. The van der Waals surface area contributed by atoms with Crippen molar-refractivity contribution in [3.8, 4) is 0 Å². The van der Waals surface area contributed by atoms with Gasteiger partial charge in [0.2, 0.25) is 0 Å². The number of carbonyl (C=O) groups is 1. The van der Waals surface area contributed by atoms with Gasteiger partial charge in [-0.2, -0.15) is 0 Å². The lowest BCUT2D eigenvalue weighted by atomic mass is 10.1. The lowest BCUT2D eigenvalue weighted by molar-refractivity contribution is 0.0975. The summed E-state index contributed by atoms with van der Waals surface area (Å²) in [7, 11) is 1.51. The number of carbonyl (C=O) groups excluding carboxylic acids is 1. The molecule has 0 atom stereocenters. The molecule has 146 valence electrons. The molecule has 1 heterocycles. The third-order valence-corrected chi connectivity index (χ3v) is 4.36. The van der Waals surface area contributed by atoms with Gasteiger partial charge in [0.05, 0.1) is 6.61 Å². The number of aromatic nitrogens is 2. The second kappa shape index (κ2) is 9.18. The molecular formula is C19H26N4O4. The summed E-state index contributed by atoms with van der Waals surface area (Å²) in [5, 5.41) is 0. The van der Waals surface area contributed by atoms with Gasteiger partial charge in [0.15, 0.2) is 5.69 Å². The van der Waals surface area contributed by atoms with E-state index in [1.165, 1.54) is 16.6 Å². The Kier molecular flexibility index (Phi) is 6.95. The predicted octanol–water partition coefficient (Wildman–Crippen LogP) is 1.52. The van der Waals surface area contributed by atoms with E-state index in [0.29, 0.717) is 12.1 Å². The molecule has 8 nitrogen and oxygen atoms in total. The molecule has 0 radical (unpaired) electrons. The number of amides is 1. The van der Waals surface area contributed by atoms with Crippen molar-refractivity contribution in [2.75, 3.05) is 30.9 Å². The van der Waals surface area contributed by atoms with Gasteiger partial charge in [0.25, 0.3) is 11.5 Å². The molecule has 2 rings (SSSR count). The van der Waals surface area contributed by atoms with Crippen LogP contribution in [0.4, 0.5) is 11.5 Å². The monoisotopic (exact) mass is 374 g/mol. The number of ether oxygens (including phenoxy) is 1. The highest BCUT2D eigenvalue weighted by atomic mass is 16.5. The Hall–Kier alpha value is -2.87. The molecule has 1 amide bonds. The molecule has 0 saturated heterocycles. The van der Waals surface area contributed by atoms with Crippen LogP contribution >= 0.6 is 0 Å². The number of nitrogens with zero attached hydrogens (tertiary/aromatic N) is 2. The molecule has 3 N–H and O–H groups in total. The van der Waals surface area contributed by atoms with E-state index < -0.39 is 11.2 Å². The number of aryl methyl sites for hydroxylation is 1. The number of hydrogen-bond donors (Lipinski definition) is 2. The number of H-pyrrole nitrogens is 1. The van der Waals surface area contributed by atoms with Gasteiger partial charge in [0.1, 0.15) is 5.82 Å². The minimum atomic E-state index is -0.691. The summed E-state index contributed by atoms with van der Waals surface area (Å²) in [4.78, 5) is 41.4. The molecule has 0 aliphatic rings. The van der Waals surface area contributed by atoms with Crippen LogP contribution < -0.4 is 21.9 Å². The lowest BCUT2D eigenvalue weighted by Gasteiger charge is -2.25. The van der Waals surface area contributed by atoms with Crippen LogP contribution in [-0.2, 0) is 11.3 Å². The van der Waals surface area contributed by atoms with Crippen molar-refractivity contribution in [3.05, 3.63) is 56.2 Å². The van der Waals surface area contributed by atoms with Crippen LogP contribution in [0.3, 0.4) is 0 Å². The Bertz CT molecular complexity index is 917. The molecule has 1 aromatic carbocycles. The van der Waals surface area contributed by atoms with Gasteiger partial charge in [-0.15, -0.1) is 0 Å². The minimum Gasteiger partial charge on any atom is -0.383 e. The molecule has 0 saturated carbocycles. The highest BCUT2D eigenvalue weighted by Crippen LogP contribution is 2.21. The van der Waals surface area contributed by atoms with E-state index in [0.717, 1.165) is 18.4 Å².